The minimum Gasteiger partial charge on any atom is -0.444 e. The maximum atomic E-state index is 11.9. The molecule has 2 N–H and O–H groups in total. The average Bonchev–Trinajstić information content (AvgIpc) is 2.41. The lowest BCUT2D eigenvalue weighted by atomic mass is 9.81. The van der Waals surface area contributed by atoms with Crippen LogP contribution in [0, 0.1) is 11.8 Å². The molecule has 0 aromatic heterocycles. The van der Waals surface area contributed by atoms with Crippen LogP contribution in [-0.4, -0.2) is 30.3 Å². The van der Waals surface area contributed by atoms with E-state index in [-0.39, 0.29) is 12.1 Å². The van der Waals surface area contributed by atoms with Gasteiger partial charge in [-0.15, -0.1) is 0 Å². The fourth-order valence-electron chi connectivity index (χ4n) is 3.44. The Kier molecular flexibility index (Phi) is 8.38. The van der Waals surface area contributed by atoms with Gasteiger partial charge in [0.15, 0.2) is 0 Å². The summed E-state index contributed by atoms with van der Waals surface area (Å²) in [4.78, 5) is 11.9. The van der Waals surface area contributed by atoms with Gasteiger partial charge in [0.1, 0.15) is 5.60 Å². The minimum absolute atomic E-state index is 0.135. The molecule has 1 aliphatic rings. The third-order valence-electron chi connectivity index (χ3n) is 4.45. The maximum absolute atomic E-state index is 11.9. The second-order valence-electron chi connectivity index (χ2n) is 8.52. The summed E-state index contributed by atoms with van der Waals surface area (Å²) >= 11 is 0. The van der Waals surface area contributed by atoms with Crippen LogP contribution in [0.1, 0.15) is 80.1 Å². The Bertz CT molecular complexity index is 350. The fraction of sp³-hybridized carbons (Fsp3) is 0.947. The second kappa shape index (κ2) is 9.51. The number of hydrogen-bond donors (Lipinski definition) is 2. The van der Waals surface area contributed by atoms with Crippen molar-refractivity contribution >= 4 is 6.09 Å². The average molecular weight is 327 g/mol. The number of amides is 1. The van der Waals surface area contributed by atoms with Crippen molar-refractivity contribution in [3.63, 3.8) is 0 Å². The topological polar surface area (TPSA) is 50.4 Å². The van der Waals surface area contributed by atoms with Crippen molar-refractivity contribution in [2.75, 3.05) is 6.54 Å². The molecule has 1 saturated carbocycles. The molecule has 0 heterocycles. The van der Waals surface area contributed by atoms with Crippen LogP contribution < -0.4 is 10.6 Å². The molecule has 23 heavy (non-hydrogen) atoms. The summed E-state index contributed by atoms with van der Waals surface area (Å²) in [7, 11) is 0. The third-order valence-corrected chi connectivity index (χ3v) is 4.45. The van der Waals surface area contributed by atoms with Crippen molar-refractivity contribution in [1.82, 2.24) is 10.6 Å². The van der Waals surface area contributed by atoms with Crippen LogP contribution in [0.25, 0.3) is 0 Å². The van der Waals surface area contributed by atoms with E-state index in [4.69, 9.17) is 4.74 Å². The molecular formula is C19H38N2O2. The fourth-order valence-corrected chi connectivity index (χ4v) is 3.44. The van der Waals surface area contributed by atoms with Crippen LogP contribution in [0.5, 0.6) is 0 Å². The smallest absolute Gasteiger partial charge is 0.407 e. The number of ether oxygens (including phenoxy) is 1. The van der Waals surface area contributed by atoms with Gasteiger partial charge in [-0.25, -0.2) is 4.79 Å². The Morgan fingerprint density at radius 3 is 2.52 bits per heavy atom. The molecule has 1 rings (SSSR count). The predicted molar refractivity (Wildman–Crippen MR) is 96.7 cm³/mol. The highest BCUT2D eigenvalue weighted by molar-refractivity contribution is 5.68. The Morgan fingerprint density at radius 2 is 1.96 bits per heavy atom. The molecule has 1 fully saturated rings. The zero-order valence-corrected chi connectivity index (χ0v) is 16.1. The van der Waals surface area contributed by atoms with Gasteiger partial charge in [0.25, 0.3) is 0 Å². The molecule has 4 heteroatoms. The van der Waals surface area contributed by atoms with Gasteiger partial charge in [0.2, 0.25) is 0 Å². The van der Waals surface area contributed by atoms with E-state index >= 15 is 0 Å². The van der Waals surface area contributed by atoms with E-state index in [1.54, 1.807) is 0 Å². The molecule has 3 atom stereocenters. The van der Waals surface area contributed by atoms with Gasteiger partial charge in [-0.2, -0.15) is 0 Å². The summed E-state index contributed by atoms with van der Waals surface area (Å²) in [5.74, 6) is 1.65. The van der Waals surface area contributed by atoms with Gasteiger partial charge in [0, 0.05) is 18.6 Å². The lowest BCUT2D eigenvalue weighted by Crippen LogP contribution is -2.47. The minimum atomic E-state index is -0.441. The van der Waals surface area contributed by atoms with Gasteiger partial charge in [-0.05, 0) is 58.3 Å². The molecule has 0 aliphatic heterocycles. The first-order valence-electron chi connectivity index (χ1n) is 9.42. The van der Waals surface area contributed by atoms with Crippen LogP contribution >= 0.6 is 0 Å². The molecule has 0 radical (unpaired) electrons. The summed E-state index contributed by atoms with van der Waals surface area (Å²) in [6.45, 7) is 13.2. The van der Waals surface area contributed by atoms with E-state index < -0.39 is 5.60 Å². The van der Waals surface area contributed by atoms with Crippen molar-refractivity contribution in [2.45, 2.75) is 97.8 Å². The van der Waals surface area contributed by atoms with Crippen LogP contribution in [0.3, 0.4) is 0 Å². The van der Waals surface area contributed by atoms with E-state index in [1.807, 2.05) is 20.8 Å². The maximum Gasteiger partial charge on any atom is 0.407 e. The number of carbonyl (C=O) groups is 1. The number of nitrogens with one attached hydrogen (secondary N) is 2. The first kappa shape index (κ1) is 20.3. The molecule has 1 aliphatic carbocycles. The Balaban J connectivity index is 2.34. The molecule has 0 spiro atoms. The van der Waals surface area contributed by atoms with Crippen LogP contribution in [0.4, 0.5) is 4.79 Å². The number of carbonyl (C=O) groups excluding carboxylic acids is 1. The van der Waals surface area contributed by atoms with E-state index in [2.05, 4.69) is 31.4 Å². The van der Waals surface area contributed by atoms with Crippen molar-refractivity contribution in [1.29, 1.82) is 0 Å². The van der Waals surface area contributed by atoms with E-state index in [0.717, 1.165) is 24.8 Å². The molecule has 136 valence electrons. The van der Waals surface area contributed by atoms with Crippen LogP contribution in [-0.2, 0) is 4.74 Å². The molecule has 4 nitrogen and oxygen atoms in total. The Hall–Kier alpha value is -0.770. The lowest BCUT2D eigenvalue weighted by molar-refractivity contribution is 0.0501. The number of hydrogen-bond acceptors (Lipinski definition) is 3. The largest absolute Gasteiger partial charge is 0.444 e. The zero-order valence-electron chi connectivity index (χ0n) is 16.1. The summed E-state index contributed by atoms with van der Waals surface area (Å²) < 4.78 is 5.34. The van der Waals surface area contributed by atoms with Gasteiger partial charge in [0.05, 0.1) is 0 Å². The van der Waals surface area contributed by atoms with Gasteiger partial charge in [-0.1, -0.05) is 33.6 Å². The first-order valence-corrected chi connectivity index (χ1v) is 9.42. The van der Waals surface area contributed by atoms with Crippen molar-refractivity contribution in [2.24, 2.45) is 11.8 Å². The number of rotatable bonds is 7. The van der Waals surface area contributed by atoms with Crippen LogP contribution in [0.15, 0.2) is 0 Å². The Morgan fingerprint density at radius 1 is 1.26 bits per heavy atom. The zero-order chi connectivity index (χ0) is 17.5. The van der Waals surface area contributed by atoms with E-state index in [9.17, 15) is 4.79 Å². The van der Waals surface area contributed by atoms with Crippen molar-refractivity contribution < 1.29 is 9.53 Å². The third kappa shape index (κ3) is 9.19. The van der Waals surface area contributed by atoms with E-state index in [1.165, 1.54) is 32.1 Å². The standard InChI is InChI=1S/C19H38N2O2/c1-7-16(21-18(22)23-19(4,5)6)13-20-17-10-8-9-15(12-17)11-14(2)3/h14-17,20H,7-13H2,1-6H3,(H,21,22). The Labute approximate surface area is 143 Å². The van der Waals surface area contributed by atoms with Crippen LogP contribution in [0.2, 0.25) is 0 Å². The van der Waals surface area contributed by atoms with Crippen molar-refractivity contribution in [3.05, 3.63) is 0 Å². The normalized spacial score (nSPS) is 23.6. The van der Waals surface area contributed by atoms with Gasteiger partial charge >= 0.3 is 6.09 Å². The SMILES string of the molecule is CCC(CNC1CCCC(CC(C)C)C1)NC(=O)OC(C)(C)C. The molecular weight excluding hydrogens is 288 g/mol. The van der Waals surface area contributed by atoms with Crippen molar-refractivity contribution in [3.8, 4) is 0 Å². The van der Waals surface area contributed by atoms with Gasteiger partial charge in [-0.3, -0.25) is 0 Å². The van der Waals surface area contributed by atoms with Gasteiger partial charge < -0.3 is 15.4 Å². The highest BCUT2D eigenvalue weighted by Crippen LogP contribution is 2.29. The van der Waals surface area contributed by atoms with E-state index in [0.29, 0.717) is 6.04 Å². The molecule has 0 aromatic carbocycles. The molecule has 1 amide bonds. The second-order valence-corrected chi connectivity index (χ2v) is 8.52. The summed E-state index contributed by atoms with van der Waals surface area (Å²) in [6, 6.07) is 0.734. The molecule has 3 unspecified atom stereocenters. The lowest BCUT2D eigenvalue weighted by Gasteiger charge is -2.32. The monoisotopic (exact) mass is 326 g/mol. The molecule has 0 aromatic rings. The summed E-state index contributed by atoms with van der Waals surface area (Å²) in [5, 5.41) is 6.66. The molecule has 0 bridgehead atoms. The predicted octanol–water partition coefficient (Wildman–Crippen LogP) is 4.48. The first-order chi connectivity index (χ1) is 10.7. The number of alkyl carbamates (subject to hydrolysis) is 1. The summed E-state index contributed by atoms with van der Waals surface area (Å²) in [6.07, 6.45) is 7.18. The highest BCUT2D eigenvalue weighted by atomic mass is 16.6. The quantitative estimate of drug-likeness (QED) is 0.725. The summed E-state index contributed by atoms with van der Waals surface area (Å²) in [5.41, 5.74) is -0.441. The highest BCUT2D eigenvalue weighted by Gasteiger charge is 2.24. The molecule has 0 saturated heterocycles.